The zero-order valence-corrected chi connectivity index (χ0v) is 17.9. The van der Waals surface area contributed by atoms with Gasteiger partial charge in [-0.2, -0.15) is 0 Å². The first kappa shape index (κ1) is 20.3. The molecule has 0 bridgehead atoms. The maximum atomic E-state index is 12.7. The van der Waals surface area contributed by atoms with Crippen LogP contribution in [0.1, 0.15) is 39.8 Å². The highest BCUT2D eigenvalue weighted by molar-refractivity contribution is 5.94. The van der Waals surface area contributed by atoms with Crippen molar-refractivity contribution >= 4 is 11.6 Å². The molecule has 7 nitrogen and oxygen atoms in total. The van der Waals surface area contributed by atoms with E-state index in [0.29, 0.717) is 24.4 Å². The van der Waals surface area contributed by atoms with E-state index in [1.807, 2.05) is 40.9 Å². The van der Waals surface area contributed by atoms with Crippen LogP contribution in [-0.2, 0) is 13.0 Å². The normalized spacial score (nSPS) is 16.4. The number of carbonyl (C=O) groups excluding carboxylic acids is 1. The minimum atomic E-state index is -0.0976. The molecule has 0 radical (unpaired) electrons. The second-order valence-corrected chi connectivity index (χ2v) is 8.24. The Morgan fingerprint density at radius 1 is 1.03 bits per heavy atom. The highest BCUT2D eigenvalue weighted by Gasteiger charge is 2.27. The van der Waals surface area contributed by atoms with Gasteiger partial charge in [0, 0.05) is 50.1 Å². The van der Waals surface area contributed by atoms with Gasteiger partial charge in [0.25, 0.3) is 5.91 Å². The fourth-order valence-electron chi connectivity index (χ4n) is 4.30. The first-order valence-corrected chi connectivity index (χ1v) is 11.1. The maximum absolute atomic E-state index is 12.7. The smallest absolute Gasteiger partial charge is 0.252 e. The van der Waals surface area contributed by atoms with Crippen LogP contribution in [0.4, 0.5) is 0 Å². The molecule has 4 heterocycles. The van der Waals surface area contributed by atoms with Crippen molar-refractivity contribution in [1.82, 2.24) is 29.8 Å². The van der Waals surface area contributed by atoms with Crippen LogP contribution in [0.5, 0.6) is 0 Å². The van der Waals surface area contributed by atoms with Gasteiger partial charge in [0.05, 0.1) is 5.56 Å². The van der Waals surface area contributed by atoms with Crippen LogP contribution in [0.2, 0.25) is 0 Å². The molecule has 1 aromatic carbocycles. The molecule has 7 heteroatoms. The van der Waals surface area contributed by atoms with Crippen LogP contribution in [0, 0.1) is 0 Å². The quantitative estimate of drug-likeness (QED) is 0.492. The van der Waals surface area contributed by atoms with Gasteiger partial charge in [-0.1, -0.05) is 36.4 Å². The van der Waals surface area contributed by atoms with Crippen molar-refractivity contribution in [2.24, 2.45) is 0 Å². The molecule has 1 saturated heterocycles. The van der Waals surface area contributed by atoms with E-state index in [2.05, 4.69) is 49.7 Å². The van der Waals surface area contributed by atoms with E-state index < -0.39 is 0 Å². The number of benzene rings is 1. The van der Waals surface area contributed by atoms with Crippen molar-refractivity contribution in [3.8, 4) is 0 Å². The van der Waals surface area contributed by atoms with E-state index in [9.17, 15) is 4.79 Å². The van der Waals surface area contributed by atoms with Gasteiger partial charge >= 0.3 is 0 Å². The summed E-state index contributed by atoms with van der Waals surface area (Å²) in [4.78, 5) is 19.4. The van der Waals surface area contributed by atoms with Crippen molar-refractivity contribution < 1.29 is 4.79 Å². The second-order valence-electron chi connectivity index (χ2n) is 8.24. The molecule has 4 aromatic rings. The minimum Gasteiger partial charge on any atom is -0.352 e. The summed E-state index contributed by atoms with van der Waals surface area (Å²) in [6.45, 7) is 3.45. The van der Waals surface area contributed by atoms with Crippen molar-refractivity contribution in [1.29, 1.82) is 0 Å². The van der Waals surface area contributed by atoms with Gasteiger partial charge in [0.15, 0.2) is 5.65 Å². The van der Waals surface area contributed by atoms with Gasteiger partial charge in [0.1, 0.15) is 5.82 Å². The molecule has 1 atom stereocenters. The van der Waals surface area contributed by atoms with E-state index in [1.54, 1.807) is 12.3 Å². The standard InChI is InChI=1S/C25H26N6O/c32-25(27-14-11-22-8-4-5-13-26-22)21-9-10-23-28-29-24(31(23)18-21)20-12-15-30(17-20)16-19-6-2-1-3-7-19/h1-10,13,18,20H,11-12,14-17H2,(H,27,32)/t20-/m0/s1. The topological polar surface area (TPSA) is 75.4 Å². The Kier molecular flexibility index (Phi) is 5.89. The largest absolute Gasteiger partial charge is 0.352 e. The Morgan fingerprint density at radius 2 is 1.91 bits per heavy atom. The fraction of sp³-hybridized carbons (Fsp3) is 0.280. The Labute approximate surface area is 187 Å². The predicted molar refractivity (Wildman–Crippen MR) is 122 cm³/mol. The van der Waals surface area contributed by atoms with E-state index >= 15 is 0 Å². The first-order chi connectivity index (χ1) is 15.8. The molecule has 0 saturated carbocycles. The highest BCUT2D eigenvalue weighted by Crippen LogP contribution is 2.27. The van der Waals surface area contributed by atoms with E-state index in [-0.39, 0.29) is 5.91 Å². The van der Waals surface area contributed by atoms with Gasteiger partial charge in [-0.05, 0) is 42.8 Å². The number of amides is 1. The van der Waals surface area contributed by atoms with E-state index in [1.165, 1.54) is 5.56 Å². The van der Waals surface area contributed by atoms with Gasteiger partial charge in [0.2, 0.25) is 0 Å². The third-order valence-electron chi connectivity index (χ3n) is 5.97. The lowest BCUT2D eigenvalue weighted by Crippen LogP contribution is -2.26. The van der Waals surface area contributed by atoms with Crippen LogP contribution in [0.25, 0.3) is 5.65 Å². The summed E-state index contributed by atoms with van der Waals surface area (Å²) >= 11 is 0. The Morgan fingerprint density at radius 3 is 2.75 bits per heavy atom. The molecule has 0 unspecified atom stereocenters. The number of hydrogen-bond acceptors (Lipinski definition) is 5. The fourth-order valence-corrected chi connectivity index (χ4v) is 4.30. The molecule has 162 valence electrons. The van der Waals surface area contributed by atoms with Crippen LogP contribution in [0.3, 0.4) is 0 Å². The molecular weight excluding hydrogens is 400 g/mol. The Bertz CT molecular complexity index is 1190. The molecule has 1 N–H and O–H groups in total. The minimum absolute atomic E-state index is 0.0976. The van der Waals surface area contributed by atoms with Crippen molar-refractivity contribution in [2.45, 2.75) is 25.3 Å². The van der Waals surface area contributed by atoms with Crippen LogP contribution < -0.4 is 5.32 Å². The number of carbonyl (C=O) groups is 1. The number of fused-ring (bicyclic) bond motifs is 1. The maximum Gasteiger partial charge on any atom is 0.252 e. The van der Waals surface area contributed by atoms with Crippen molar-refractivity contribution in [3.63, 3.8) is 0 Å². The third kappa shape index (κ3) is 4.53. The molecule has 1 aliphatic rings. The Balaban J connectivity index is 1.25. The molecule has 1 amide bonds. The zero-order chi connectivity index (χ0) is 21.8. The monoisotopic (exact) mass is 426 g/mol. The summed E-state index contributed by atoms with van der Waals surface area (Å²) in [6, 6.07) is 20.0. The molecule has 0 spiro atoms. The van der Waals surface area contributed by atoms with Gasteiger partial charge in [-0.15, -0.1) is 10.2 Å². The SMILES string of the molecule is O=C(NCCc1ccccn1)c1ccc2nnc([C@H]3CCN(Cc4ccccc4)C3)n2c1. The van der Waals surface area contributed by atoms with Crippen molar-refractivity contribution in [2.75, 3.05) is 19.6 Å². The molecule has 5 rings (SSSR count). The first-order valence-electron chi connectivity index (χ1n) is 11.1. The molecular formula is C25H26N6O. The summed E-state index contributed by atoms with van der Waals surface area (Å²) in [7, 11) is 0. The molecule has 1 fully saturated rings. The zero-order valence-electron chi connectivity index (χ0n) is 17.9. The lowest BCUT2D eigenvalue weighted by molar-refractivity contribution is 0.0953. The Hall–Kier alpha value is -3.58. The lowest BCUT2D eigenvalue weighted by Gasteiger charge is -2.15. The lowest BCUT2D eigenvalue weighted by atomic mass is 10.1. The summed E-state index contributed by atoms with van der Waals surface area (Å²) < 4.78 is 1.98. The number of nitrogens with zero attached hydrogens (tertiary/aromatic N) is 5. The van der Waals surface area contributed by atoms with E-state index in [4.69, 9.17) is 0 Å². The molecule has 0 aliphatic carbocycles. The van der Waals surface area contributed by atoms with Gasteiger partial charge < -0.3 is 5.32 Å². The average Bonchev–Trinajstić information content (AvgIpc) is 3.46. The highest BCUT2D eigenvalue weighted by atomic mass is 16.1. The number of aromatic nitrogens is 4. The molecule has 1 aliphatic heterocycles. The average molecular weight is 427 g/mol. The van der Waals surface area contributed by atoms with Crippen LogP contribution >= 0.6 is 0 Å². The summed E-state index contributed by atoms with van der Waals surface area (Å²) in [5, 5.41) is 11.8. The molecule has 32 heavy (non-hydrogen) atoms. The predicted octanol–water partition coefficient (Wildman–Crippen LogP) is 3.09. The van der Waals surface area contributed by atoms with E-state index in [0.717, 1.165) is 43.2 Å². The summed E-state index contributed by atoms with van der Waals surface area (Å²) in [6.07, 6.45) is 5.36. The second kappa shape index (κ2) is 9.28. The van der Waals surface area contributed by atoms with Gasteiger partial charge in [-0.25, -0.2) is 0 Å². The van der Waals surface area contributed by atoms with Crippen LogP contribution in [-0.4, -0.2) is 50.0 Å². The number of hydrogen-bond donors (Lipinski definition) is 1. The number of likely N-dealkylation sites (tertiary alicyclic amines) is 1. The number of pyridine rings is 2. The van der Waals surface area contributed by atoms with Crippen molar-refractivity contribution in [3.05, 3.63) is 95.7 Å². The molecule has 3 aromatic heterocycles. The van der Waals surface area contributed by atoms with Crippen LogP contribution in [0.15, 0.2) is 73.1 Å². The third-order valence-corrected chi connectivity index (χ3v) is 5.97. The summed E-state index contributed by atoms with van der Waals surface area (Å²) in [5.74, 6) is 1.13. The summed E-state index contributed by atoms with van der Waals surface area (Å²) in [5.41, 5.74) is 3.67. The number of nitrogens with one attached hydrogen (secondary N) is 1. The number of rotatable bonds is 7. The van der Waals surface area contributed by atoms with Gasteiger partial charge in [-0.3, -0.25) is 19.1 Å².